The van der Waals surface area contributed by atoms with Gasteiger partial charge in [0.1, 0.15) is 5.82 Å². The number of hydrogen-bond donors (Lipinski definition) is 2. The topological polar surface area (TPSA) is 38.0 Å². The molecule has 90 valence electrons. The Balaban J connectivity index is 2.50. The fraction of sp³-hybridized carbons (Fsp3) is 0.0909. The van der Waals surface area contributed by atoms with E-state index in [1.54, 1.807) is 24.3 Å². The summed E-state index contributed by atoms with van der Waals surface area (Å²) in [6, 6.07) is 6.40. The van der Waals surface area contributed by atoms with E-state index in [1.807, 2.05) is 5.38 Å². The summed E-state index contributed by atoms with van der Waals surface area (Å²) in [5, 5.41) is 2.43. The second-order valence-electron chi connectivity index (χ2n) is 3.38. The van der Waals surface area contributed by atoms with Gasteiger partial charge in [-0.3, -0.25) is 5.84 Å². The van der Waals surface area contributed by atoms with Gasteiger partial charge in [0, 0.05) is 10.4 Å². The second kappa shape index (κ2) is 5.46. The molecule has 2 aromatic rings. The van der Waals surface area contributed by atoms with Crippen molar-refractivity contribution >= 4 is 38.9 Å². The smallest absolute Gasteiger partial charge is 0.142 e. The lowest BCUT2D eigenvalue weighted by Gasteiger charge is -2.16. The summed E-state index contributed by atoms with van der Waals surface area (Å²) in [4.78, 5) is 0.797. The van der Waals surface area contributed by atoms with Gasteiger partial charge >= 0.3 is 0 Å². The summed E-state index contributed by atoms with van der Waals surface area (Å²) in [7, 11) is 0. The van der Waals surface area contributed by atoms with Crippen LogP contribution in [0, 0.1) is 5.82 Å². The Morgan fingerprint density at radius 2 is 2.18 bits per heavy atom. The van der Waals surface area contributed by atoms with Crippen molar-refractivity contribution in [3.05, 3.63) is 55.4 Å². The Hall–Kier alpha value is -0.460. The van der Waals surface area contributed by atoms with Crippen molar-refractivity contribution in [3.63, 3.8) is 0 Å². The van der Waals surface area contributed by atoms with Crippen molar-refractivity contribution in [2.45, 2.75) is 6.04 Å². The highest BCUT2D eigenvalue weighted by Crippen LogP contribution is 2.34. The third kappa shape index (κ3) is 2.53. The highest BCUT2D eigenvalue weighted by atomic mass is 79.9. The molecule has 0 bridgehead atoms. The molecule has 17 heavy (non-hydrogen) atoms. The third-order valence-corrected chi connectivity index (χ3v) is 4.40. The molecule has 6 heteroatoms. The van der Waals surface area contributed by atoms with Crippen LogP contribution in [0.15, 0.2) is 34.1 Å². The zero-order valence-corrected chi connectivity index (χ0v) is 11.7. The van der Waals surface area contributed by atoms with E-state index in [2.05, 4.69) is 21.4 Å². The number of hydrazine groups is 1. The molecule has 0 saturated heterocycles. The van der Waals surface area contributed by atoms with Crippen molar-refractivity contribution in [2.75, 3.05) is 0 Å². The maximum Gasteiger partial charge on any atom is 0.142 e. The molecule has 0 spiro atoms. The van der Waals surface area contributed by atoms with Crippen molar-refractivity contribution in [2.24, 2.45) is 5.84 Å². The van der Waals surface area contributed by atoms with Gasteiger partial charge in [0.25, 0.3) is 0 Å². The quantitative estimate of drug-likeness (QED) is 0.660. The zero-order chi connectivity index (χ0) is 12.4. The molecule has 2 nitrogen and oxygen atoms in total. The molecule has 0 radical (unpaired) electrons. The number of rotatable bonds is 3. The first kappa shape index (κ1) is 13.0. The van der Waals surface area contributed by atoms with Gasteiger partial charge in [-0.1, -0.05) is 23.7 Å². The minimum atomic E-state index is -0.444. The highest BCUT2D eigenvalue weighted by Gasteiger charge is 2.21. The highest BCUT2D eigenvalue weighted by molar-refractivity contribution is 9.10. The van der Waals surface area contributed by atoms with E-state index in [0.717, 1.165) is 4.88 Å². The Kier molecular flexibility index (Phi) is 4.17. The van der Waals surface area contributed by atoms with Crippen LogP contribution in [0.25, 0.3) is 0 Å². The van der Waals surface area contributed by atoms with Gasteiger partial charge in [-0.2, -0.15) is 0 Å². The molecule has 1 aromatic heterocycles. The molecule has 0 amide bonds. The Morgan fingerprint density at radius 1 is 1.41 bits per heavy atom. The molecule has 1 unspecified atom stereocenters. The molecule has 1 atom stereocenters. The predicted molar refractivity (Wildman–Crippen MR) is 72.6 cm³/mol. The lowest BCUT2D eigenvalue weighted by atomic mass is 10.1. The molecule has 2 rings (SSSR count). The number of nitrogens with one attached hydrogen (secondary N) is 1. The number of nitrogens with two attached hydrogens (primary N) is 1. The number of thiophene rings is 1. The molecule has 0 fully saturated rings. The number of hydrogen-bond acceptors (Lipinski definition) is 3. The van der Waals surface area contributed by atoms with Crippen LogP contribution in [0.3, 0.4) is 0 Å². The third-order valence-electron chi connectivity index (χ3n) is 2.37. The van der Waals surface area contributed by atoms with Gasteiger partial charge in [-0.25, -0.2) is 9.82 Å². The van der Waals surface area contributed by atoms with Gasteiger partial charge in [0.05, 0.1) is 15.5 Å². The van der Waals surface area contributed by atoms with E-state index >= 15 is 0 Å². The molecular formula is C11H9BrClFN2S. The van der Waals surface area contributed by atoms with Crippen molar-refractivity contribution in [3.8, 4) is 0 Å². The van der Waals surface area contributed by atoms with Crippen molar-refractivity contribution < 1.29 is 4.39 Å². The normalized spacial score (nSPS) is 12.7. The summed E-state index contributed by atoms with van der Waals surface area (Å²) < 4.78 is 14.4. The summed E-state index contributed by atoms with van der Waals surface area (Å²) in [6.07, 6.45) is 0. The van der Waals surface area contributed by atoms with Gasteiger partial charge in [-0.05, 0) is 33.4 Å². The standard InChI is InChI=1S/C11H9BrClFN2S/c12-7-3-1-2-6(9(7)14)10(16-15)11-8(13)4-5-17-11/h1-5,10,16H,15H2. The van der Waals surface area contributed by atoms with E-state index in [1.165, 1.54) is 11.3 Å². The van der Waals surface area contributed by atoms with Gasteiger partial charge in [-0.15, -0.1) is 11.3 Å². The van der Waals surface area contributed by atoms with Gasteiger partial charge < -0.3 is 0 Å². The summed E-state index contributed by atoms with van der Waals surface area (Å²) >= 11 is 10.6. The first-order valence-corrected chi connectivity index (χ1v) is 6.83. The fourth-order valence-corrected chi connectivity index (χ4v) is 3.19. The molecular weight excluding hydrogens is 327 g/mol. The molecule has 1 heterocycles. The SMILES string of the molecule is NNC(c1cccc(Br)c1F)c1sccc1Cl. The number of halogens is 3. The first-order valence-electron chi connectivity index (χ1n) is 4.78. The second-order valence-corrected chi connectivity index (χ2v) is 5.58. The van der Waals surface area contributed by atoms with Gasteiger partial charge in [0.15, 0.2) is 0 Å². The summed E-state index contributed by atoms with van der Waals surface area (Å²) in [5.41, 5.74) is 3.06. The maximum absolute atomic E-state index is 14.0. The van der Waals surface area contributed by atoms with Crippen LogP contribution in [0.1, 0.15) is 16.5 Å². The number of benzene rings is 1. The van der Waals surface area contributed by atoms with Crippen molar-refractivity contribution in [1.29, 1.82) is 0 Å². The Morgan fingerprint density at radius 3 is 2.76 bits per heavy atom. The van der Waals surface area contributed by atoms with Crippen LogP contribution in [-0.4, -0.2) is 0 Å². The van der Waals surface area contributed by atoms with E-state index in [-0.39, 0.29) is 5.82 Å². The average Bonchev–Trinajstić information content (AvgIpc) is 2.72. The van der Waals surface area contributed by atoms with Crippen LogP contribution >= 0.6 is 38.9 Å². The molecule has 0 saturated carbocycles. The Labute approximate surface area is 116 Å². The molecule has 3 N–H and O–H groups in total. The van der Waals surface area contributed by atoms with Crippen LogP contribution in [0.5, 0.6) is 0 Å². The van der Waals surface area contributed by atoms with E-state index in [9.17, 15) is 4.39 Å². The minimum absolute atomic E-state index is 0.333. The molecule has 1 aromatic carbocycles. The zero-order valence-electron chi connectivity index (χ0n) is 8.58. The van der Waals surface area contributed by atoms with Crippen LogP contribution < -0.4 is 11.3 Å². The maximum atomic E-state index is 14.0. The van der Waals surface area contributed by atoms with Crippen LogP contribution in [0.4, 0.5) is 4.39 Å². The van der Waals surface area contributed by atoms with E-state index < -0.39 is 6.04 Å². The molecule has 0 aliphatic rings. The van der Waals surface area contributed by atoms with E-state index in [4.69, 9.17) is 17.4 Å². The van der Waals surface area contributed by atoms with E-state index in [0.29, 0.717) is 15.1 Å². The monoisotopic (exact) mass is 334 g/mol. The summed E-state index contributed by atoms with van der Waals surface area (Å²) in [5.74, 6) is 5.17. The lowest BCUT2D eigenvalue weighted by Crippen LogP contribution is -2.29. The molecule has 0 aliphatic heterocycles. The van der Waals surface area contributed by atoms with Crippen LogP contribution in [0.2, 0.25) is 5.02 Å². The van der Waals surface area contributed by atoms with Gasteiger partial charge in [0.2, 0.25) is 0 Å². The first-order chi connectivity index (χ1) is 8.15. The van der Waals surface area contributed by atoms with Crippen molar-refractivity contribution in [1.82, 2.24) is 5.43 Å². The Bertz CT molecular complexity index is 532. The van der Waals surface area contributed by atoms with Crippen LogP contribution in [-0.2, 0) is 0 Å². The minimum Gasteiger partial charge on any atom is -0.271 e. The average molecular weight is 336 g/mol. The predicted octanol–water partition coefficient (Wildman–Crippen LogP) is 3.86. The summed E-state index contributed by atoms with van der Waals surface area (Å²) in [6.45, 7) is 0. The lowest BCUT2D eigenvalue weighted by molar-refractivity contribution is 0.560. The fourth-order valence-electron chi connectivity index (χ4n) is 1.56. The largest absolute Gasteiger partial charge is 0.271 e. The molecule has 0 aliphatic carbocycles.